The summed E-state index contributed by atoms with van der Waals surface area (Å²) >= 11 is 1.31. The summed E-state index contributed by atoms with van der Waals surface area (Å²) in [6.07, 6.45) is 4.45. The van der Waals surface area contributed by atoms with Gasteiger partial charge in [-0.2, -0.15) is 0 Å². The van der Waals surface area contributed by atoms with Crippen LogP contribution in [0.5, 0.6) is 0 Å². The number of pyridine rings is 1. The molecule has 0 aliphatic heterocycles. The molecule has 0 atom stereocenters. The Hall–Kier alpha value is -2.94. The first-order valence-electron chi connectivity index (χ1n) is 9.43. The maximum atomic E-state index is 14.2. The minimum absolute atomic E-state index is 0.264. The predicted octanol–water partition coefficient (Wildman–Crippen LogP) is 3.84. The first-order chi connectivity index (χ1) is 14.1. The van der Waals surface area contributed by atoms with Crippen molar-refractivity contribution in [2.24, 2.45) is 0 Å². The number of anilines is 1. The van der Waals surface area contributed by atoms with Crippen LogP contribution < -0.4 is 5.32 Å². The highest BCUT2D eigenvalue weighted by molar-refractivity contribution is 7.13. The average molecular weight is 413 g/mol. The second-order valence-corrected chi connectivity index (χ2v) is 7.74. The van der Waals surface area contributed by atoms with E-state index in [4.69, 9.17) is 4.74 Å². The molecule has 150 valence electrons. The van der Waals surface area contributed by atoms with Crippen LogP contribution in [-0.2, 0) is 10.2 Å². The molecule has 3 aromatic heterocycles. The lowest BCUT2D eigenvalue weighted by molar-refractivity contribution is 0.0520. The largest absolute Gasteiger partial charge is 0.461 e. The van der Waals surface area contributed by atoms with Crippen molar-refractivity contribution in [1.29, 1.82) is 0 Å². The normalized spacial score (nSPS) is 14.8. The smallest absolute Gasteiger partial charge is 0.357 e. The van der Waals surface area contributed by atoms with E-state index in [0.717, 1.165) is 19.3 Å². The third-order valence-electron chi connectivity index (χ3n) is 5.05. The van der Waals surface area contributed by atoms with E-state index in [1.165, 1.54) is 17.4 Å². The van der Waals surface area contributed by atoms with Crippen molar-refractivity contribution in [2.45, 2.75) is 31.6 Å². The summed E-state index contributed by atoms with van der Waals surface area (Å²) in [5.41, 5.74) is 1.04. The maximum absolute atomic E-state index is 14.2. The van der Waals surface area contributed by atoms with Crippen molar-refractivity contribution in [3.05, 3.63) is 53.0 Å². The van der Waals surface area contributed by atoms with Crippen LogP contribution in [0.1, 0.15) is 42.4 Å². The molecule has 0 bridgehead atoms. The van der Waals surface area contributed by atoms with E-state index in [-0.39, 0.29) is 16.9 Å². The Labute approximate surface area is 171 Å². The summed E-state index contributed by atoms with van der Waals surface area (Å²) < 4.78 is 19.2. The van der Waals surface area contributed by atoms with E-state index < -0.39 is 5.97 Å². The highest BCUT2D eigenvalue weighted by Crippen LogP contribution is 2.43. The van der Waals surface area contributed by atoms with Gasteiger partial charge in [0.1, 0.15) is 22.3 Å². The number of hydrogen-bond donors (Lipinski definition) is 1. The topological polar surface area (TPSA) is 89.9 Å². The van der Waals surface area contributed by atoms with Gasteiger partial charge in [-0.25, -0.2) is 14.2 Å². The number of thiazole rings is 1. The van der Waals surface area contributed by atoms with Crippen LogP contribution in [0.2, 0.25) is 0 Å². The molecule has 0 unspecified atom stereocenters. The van der Waals surface area contributed by atoms with Gasteiger partial charge in [0.25, 0.3) is 0 Å². The lowest BCUT2D eigenvalue weighted by Gasteiger charge is -2.41. The lowest BCUT2D eigenvalue weighted by atomic mass is 9.66. The number of carbonyl (C=O) groups is 1. The molecule has 1 fully saturated rings. The number of rotatable bonds is 7. The Kier molecular flexibility index (Phi) is 5.48. The zero-order valence-corrected chi connectivity index (χ0v) is 16.7. The molecule has 3 aromatic rings. The molecule has 9 heteroatoms. The molecule has 1 aliphatic carbocycles. The van der Waals surface area contributed by atoms with E-state index in [0.29, 0.717) is 35.4 Å². The molecule has 1 N–H and O–H groups in total. The van der Waals surface area contributed by atoms with Crippen LogP contribution in [0.15, 0.2) is 35.8 Å². The zero-order chi connectivity index (χ0) is 20.3. The van der Waals surface area contributed by atoms with Gasteiger partial charge in [0.15, 0.2) is 5.69 Å². The summed E-state index contributed by atoms with van der Waals surface area (Å²) in [5.74, 6) is -0.121. The number of carbonyl (C=O) groups excluding carboxylic acids is 1. The lowest BCUT2D eigenvalue weighted by Crippen LogP contribution is -2.42. The van der Waals surface area contributed by atoms with Crippen molar-refractivity contribution in [3.8, 4) is 10.7 Å². The van der Waals surface area contributed by atoms with E-state index in [1.807, 2.05) is 0 Å². The standard InChI is InChI=1S/C20H20FN5O2S/c1-2-28-19(27)15-11-29-18(24-15)14-6-7-16(26-25-14)23-12-20(8-4-9-20)17-13(21)5-3-10-22-17/h3,5-7,10-11H,2,4,8-9,12H2,1H3,(H,23,26). The highest BCUT2D eigenvalue weighted by atomic mass is 32.1. The summed E-state index contributed by atoms with van der Waals surface area (Å²) in [6.45, 7) is 2.59. The summed E-state index contributed by atoms with van der Waals surface area (Å²) in [7, 11) is 0. The quantitative estimate of drug-likeness (QED) is 0.589. The van der Waals surface area contributed by atoms with Gasteiger partial charge >= 0.3 is 5.97 Å². The Balaban J connectivity index is 1.44. The SMILES string of the molecule is CCOC(=O)c1csc(-c2ccc(NCC3(c4ncccc4F)CCC3)nn2)n1. The first-order valence-corrected chi connectivity index (χ1v) is 10.3. The Morgan fingerprint density at radius 3 is 2.83 bits per heavy atom. The number of esters is 1. The maximum Gasteiger partial charge on any atom is 0.357 e. The molecule has 0 aromatic carbocycles. The molecule has 29 heavy (non-hydrogen) atoms. The minimum Gasteiger partial charge on any atom is -0.461 e. The zero-order valence-electron chi connectivity index (χ0n) is 15.9. The van der Waals surface area contributed by atoms with Gasteiger partial charge in [0, 0.05) is 23.5 Å². The second kappa shape index (κ2) is 8.20. The van der Waals surface area contributed by atoms with Gasteiger partial charge in [-0.15, -0.1) is 21.5 Å². The van der Waals surface area contributed by atoms with Crippen LogP contribution >= 0.6 is 11.3 Å². The number of nitrogens with zero attached hydrogens (tertiary/aromatic N) is 4. The molecule has 0 saturated heterocycles. The third kappa shape index (κ3) is 3.95. The third-order valence-corrected chi connectivity index (χ3v) is 5.92. The summed E-state index contributed by atoms with van der Waals surface area (Å²) in [5, 5.41) is 13.9. The number of aromatic nitrogens is 4. The van der Waals surface area contributed by atoms with E-state index in [9.17, 15) is 9.18 Å². The average Bonchev–Trinajstić information content (AvgIpc) is 3.19. The fourth-order valence-electron chi connectivity index (χ4n) is 3.37. The number of nitrogens with one attached hydrogen (secondary N) is 1. The Morgan fingerprint density at radius 2 is 2.17 bits per heavy atom. The van der Waals surface area contributed by atoms with Crippen LogP contribution in [-0.4, -0.2) is 39.3 Å². The fraction of sp³-hybridized carbons (Fsp3) is 0.350. The van der Waals surface area contributed by atoms with Gasteiger partial charge in [-0.05, 0) is 44.0 Å². The van der Waals surface area contributed by atoms with Gasteiger partial charge in [-0.3, -0.25) is 4.98 Å². The van der Waals surface area contributed by atoms with Gasteiger partial charge in [0.05, 0.1) is 12.3 Å². The number of halogens is 1. The number of ether oxygens (including phenoxy) is 1. The van der Waals surface area contributed by atoms with Crippen molar-refractivity contribution < 1.29 is 13.9 Å². The molecule has 4 rings (SSSR count). The molecule has 0 spiro atoms. The monoisotopic (exact) mass is 413 g/mol. The molecule has 3 heterocycles. The van der Waals surface area contributed by atoms with Gasteiger partial charge in [0.2, 0.25) is 0 Å². The first kappa shape index (κ1) is 19.4. The van der Waals surface area contributed by atoms with Crippen LogP contribution in [0, 0.1) is 5.82 Å². The predicted molar refractivity (Wildman–Crippen MR) is 107 cm³/mol. The minimum atomic E-state index is -0.450. The van der Waals surface area contributed by atoms with Crippen LogP contribution in [0.4, 0.5) is 10.2 Å². The fourth-order valence-corrected chi connectivity index (χ4v) is 4.12. The van der Waals surface area contributed by atoms with E-state index in [2.05, 4.69) is 25.5 Å². The molecule has 0 amide bonds. The molecule has 0 radical (unpaired) electrons. The molecule has 1 saturated carbocycles. The summed E-state index contributed by atoms with van der Waals surface area (Å²) in [4.78, 5) is 20.3. The van der Waals surface area contributed by atoms with E-state index >= 15 is 0 Å². The molecular formula is C20H20FN5O2S. The second-order valence-electron chi connectivity index (χ2n) is 6.88. The molecular weight excluding hydrogens is 393 g/mol. The van der Waals surface area contributed by atoms with Crippen molar-refractivity contribution >= 4 is 23.1 Å². The van der Waals surface area contributed by atoms with Crippen molar-refractivity contribution in [2.75, 3.05) is 18.5 Å². The van der Waals surface area contributed by atoms with Gasteiger partial charge in [-0.1, -0.05) is 6.42 Å². The van der Waals surface area contributed by atoms with Crippen LogP contribution in [0.3, 0.4) is 0 Å². The van der Waals surface area contributed by atoms with Crippen LogP contribution in [0.25, 0.3) is 10.7 Å². The highest BCUT2D eigenvalue weighted by Gasteiger charge is 2.41. The number of hydrogen-bond acceptors (Lipinski definition) is 8. The Bertz CT molecular complexity index is 1000. The summed E-state index contributed by atoms with van der Waals surface area (Å²) in [6, 6.07) is 6.65. The Morgan fingerprint density at radius 1 is 1.31 bits per heavy atom. The van der Waals surface area contributed by atoms with E-state index in [1.54, 1.807) is 36.7 Å². The van der Waals surface area contributed by atoms with Crippen molar-refractivity contribution in [1.82, 2.24) is 20.2 Å². The van der Waals surface area contributed by atoms with Gasteiger partial charge < -0.3 is 10.1 Å². The molecule has 1 aliphatic rings. The molecule has 7 nitrogen and oxygen atoms in total. The van der Waals surface area contributed by atoms with Crippen molar-refractivity contribution in [3.63, 3.8) is 0 Å².